The Morgan fingerprint density at radius 1 is 1.35 bits per heavy atom. The summed E-state index contributed by atoms with van der Waals surface area (Å²) >= 11 is 0. The average Bonchev–Trinajstić information content (AvgIpc) is 2.47. The molecular weight excluding hydrogens is 301 g/mol. The summed E-state index contributed by atoms with van der Waals surface area (Å²) in [6.45, 7) is 7.70. The van der Waals surface area contributed by atoms with E-state index in [-0.39, 0.29) is 24.5 Å². The maximum atomic E-state index is 13.5. The standard InChI is InChI=1S/C17H22FNO4/c1-11-5-6-12(18)9-13(11)15(20)14-10-22-8-7-19(14)16(21)23-17(2,3)4/h5-6,9,14H,7-8,10H2,1-4H3. The van der Waals surface area contributed by atoms with Crippen LogP contribution in [0.25, 0.3) is 0 Å². The highest BCUT2D eigenvalue weighted by Crippen LogP contribution is 2.20. The molecule has 0 aliphatic carbocycles. The highest BCUT2D eigenvalue weighted by Gasteiger charge is 2.36. The molecule has 1 unspecified atom stereocenters. The van der Waals surface area contributed by atoms with Crippen molar-refractivity contribution < 1.29 is 23.5 Å². The summed E-state index contributed by atoms with van der Waals surface area (Å²) in [5.74, 6) is -0.827. The van der Waals surface area contributed by atoms with Gasteiger partial charge in [0, 0.05) is 12.1 Å². The number of amides is 1. The number of ether oxygens (including phenoxy) is 2. The van der Waals surface area contributed by atoms with Crippen LogP contribution in [0.2, 0.25) is 0 Å². The molecular formula is C17H22FNO4. The van der Waals surface area contributed by atoms with Crippen molar-refractivity contribution in [3.8, 4) is 0 Å². The topological polar surface area (TPSA) is 55.8 Å². The van der Waals surface area contributed by atoms with E-state index in [1.807, 2.05) is 0 Å². The second-order valence-corrected chi connectivity index (χ2v) is 6.59. The highest BCUT2D eigenvalue weighted by molar-refractivity contribution is 6.02. The average molecular weight is 323 g/mol. The summed E-state index contributed by atoms with van der Waals surface area (Å²) in [5.41, 5.74) is 0.262. The van der Waals surface area contributed by atoms with Crippen LogP contribution in [0.3, 0.4) is 0 Å². The van der Waals surface area contributed by atoms with Gasteiger partial charge in [-0.25, -0.2) is 9.18 Å². The van der Waals surface area contributed by atoms with E-state index in [9.17, 15) is 14.0 Å². The summed E-state index contributed by atoms with van der Waals surface area (Å²) in [6, 6.07) is 3.23. The number of nitrogens with zero attached hydrogens (tertiary/aromatic N) is 1. The molecule has 1 amide bonds. The molecule has 126 valence electrons. The monoisotopic (exact) mass is 323 g/mol. The molecule has 0 saturated carbocycles. The molecule has 1 aliphatic rings. The summed E-state index contributed by atoms with van der Waals surface area (Å²) < 4.78 is 24.2. The summed E-state index contributed by atoms with van der Waals surface area (Å²) in [4.78, 5) is 26.5. The van der Waals surface area contributed by atoms with Gasteiger partial charge in [-0.1, -0.05) is 6.07 Å². The number of halogens is 1. The first-order valence-electron chi connectivity index (χ1n) is 7.57. The van der Waals surface area contributed by atoms with Crippen molar-refractivity contribution in [3.63, 3.8) is 0 Å². The molecule has 23 heavy (non-hydrogen) atoms. The first-order chi connectivity index (χ1) is 10.7. The Balaban J connectivity index is 2.25. The molecule has 0 aromatic heterocycles. The van der Waals surface area contributed by atoms with Gasteiger partial charge in [0.15, 0.2) is 5.78 Å². The van der Waals surface area contributed by atoms with Gasteiger partial charge in [0.25, 0.3) is 0 Å². The molecule has 0 N–H and O–H groups in total. The highest BCUT2D eigenvalue weighted by atomic mass is 19.1. The molecule has 1 heterocycles. The summed E-state index contributed by atoms with van der Waals surface area (Å²) in [5, 5.41) is 0. The molecule has 1 fully saturated rings. The van der Waals surface area contributed by atoms with Gasteiger partial charge < -0.3 is 9.47 Å². The van der Waals surface area contributed by atoms with Crippen molar-refractivity contribution in [2.75, 3.05) is 19.8 Å². The number of hydrogen-bond donors (Lipinski definition) is 0. The zero-order chi connectivity index (χ0) is 17.2. The zero-order valence-corrected chi connectivity index (χ0v) is 13.9. The number of rotatable bonds is 2. The Hall–Kier alpha value is -1.95. The maximum Gasteiger partial charge on any atom is 0.411 e. The van der Waals surface area contributed by atoms with Crippen LogP contribution in [0.1, 0.15) is 36.7 Å². The Morgan fingerprint density at radius 2 is 2.04 bits per heavy atom. The van der Waals surface area contributed by atoms with E-state index in [0.717, 1.165) is 0 Å². The van der Waals surface area contributed by atoms with E-state index in [4.69, 9.17) is 9.47 Å². The fraction of sp³-hybridized carbons (Fsp3) is 0.529. The lowest BCUT2D eigenvalue weighted by molar-refractivity contribution is -0.0266. The van der Waals surface area contributed by atoms with Gasteiger partial charge >= 0.3 is 6.09 Å². The second kappa shape index (κ2) is 6.66. The van der Waals surface area contributed by atoms with Crippen LogP contribution in [0.5, 0.6) is 0 Å². The number of hydrogen-bond acceptors (Lipinski definition) is 4. The van der Waals surface area contributed by atoms with E-state index >= 15 is 0 Å². The van der Waals surface area contributed by atoms with E-state index in [2.05, 4.69) is 0 Å². The molecule has 0 spiro atoms. The van der Waals surface area contributed by atoms with Crippen LogP contribution < -0.4 is 0 Å². The van der Waals surface area contributed by atoms with Crippen molar-refractivity contribution in [3.05, 3.63) is 35.1 Å². The van der Waals surface area contributed by atoms with Gasteiger partial charge in [-0.15, -0.1) is 0 Å². The first-order valence-corrected chi connectivity index (χ1v) is 7.57. The Labute approximate surface area is 135 Å². The van der Waals surface area contributed by atoms with Crippen LogP contribution in [-0.4, -0.2) is 48.2 Å². The van der Waals surface area contributed by atoms with Crippen molar-refractivity contribution in [1.29, 1.82) is 0 Å². The normalized spacial score (nSPS) is 18.7. The van der Waals surface area contributed by atoms with Gasteiger partial charge in [-0.3, -0.25) is 9.69 Å². The van der Waals surface area contributed by atoms with Gasteiger partial charge in [0.05, 0.1) is 13.2 Å². The molecule has 1 aromatic rings. The summed E-state index contributed by atoms with van der Waals surface area (Å²) in [7, 11) is 0. The Kier molecular flexibility index (Phi) is 5.04. The number of morpholine rings is 1. The van der Waals surface area contributed by atoms with Crippen molar-refractivity contribution >= 4 is 11.9 Å². The number of carbonyl (C=O) groups excluding carboxylic acids is 2. The number of carbonyl (C=O) groups is 2. The van der Waals surface area contributed by atoms with E-state index in [1.54, 1.807) is 33.8 Å². The molecule has 1 saturated heterocycles. The molecule has 0 radical (unpaired) electrons. The van der Waals surface area contributed by atoms with Crippen LogP contribution in [0.4, 0.5) is 9.18 Å². The third-order valence-electron chi connectivity index (χ3n) is 3.52. The van der Waals surface area contributed by atoms with Crippen LogP contribution in [0, 0.1) is 12.7 Å². The van der Waals surface area contributed by atoms with Gasteiger partial charge in [-0.05, 0) is 45.4 Å². The van der Waals surface area contributed by atoms with Crippen LogP contribution >= 0.6 is 0 Å². The minimum atomic E-state index is -0.806. The smallest absolute Gasteiger partial charge is 0.411 e. The predicted octanol–water partition coefficient (Wildman–Crippen LogP) is 2.95. The quantitative estimate of drug-likeness (QED) is 0.785. The third-order valence-corrected chi connectivity index (χ3v) is 3.52. The second-order valence-electron chi connectivity index (χ2n) is 6.59. The number of Topliss-reactive ketones (excluding diaryl/α,β-unsaturated/α-hetero) is 1. The molecule has 1 aromatic carbocycles. The number of aryl methyl sites for hydroxylation is 1. The van der Waals surface area contributed by atoms with Gasteiger partial charge in [0.1, 0.15) is 17.5 Å². The molecule has 2 rings (SSSR count). The largest absolute Gasteiger partial charge is 0.444 e. The van der Waals surface area contributed by atoms with Crippen molar-refractivity contribution in [1.82, 2.24) is 4.90 Å². The molecule has 0 bridgehead atoms. The first kappa shape index (κ1) is 17.4. The molecule has 1 atom stereocenters. The molecule has 5 nitrogen and oxygen atoms in total. The van der Waals surface area contributed by atoms with Crippen LogP contribution in [-0.2, 0) is 9.47 Å². The van der Waals surface area contributed by atoms with E-state index in [0.29, 0.717) is 12.2 Å². The zero-order valence-electron chi connectivity index (χ0n) is 13.9. The Morgan fingerprint density at radius 3 is 2.70 bits per heavy atom. The fourth-order valence-corrected chi connectivity index (χ4v) is 2.40. The Bertz CT molecular complexity index is 609. The maximum absolute atomic E-state index is 13.5. The number of ketones is 1. The van der Waals surface area contributed by atoms with Crippen LogP contribution in [0.15, 0.2) is 18.2 Å². The van der Waals surface area contributed by atoms with Crippen molar-refractivity contribution in [2.24, 2.45) is 0 Å². The van der Waals surface area contributed by atoms with Crippen molar-refractivity contribution in [2.45, 2.75) is 39.3 Å². The molecule has 1 aliphatic heterocycles. The lowest BCUT2D eigenvalue weighted by atomic mass is 9.98. The van der Waals surface area contributed by atoms with E-state index < -0.39 is 23.6 Å². The van der Waals surface area contributed by atoms with E-state index in [1.165, 1.54) is 17.0 Å². The predicted molar refractivity (Wildman–Crippen MR) is 83.0 cm³/mol. The minimum absolute atomic E-state index is 0.0774. The lowest BCUT2D eigenvalue weighted by Crippen LogP contribution is -2.53. The van der Waals surface area contributed by atoms with Gasteiger partial charge in [-0.2, -0.15) is 0 Å². The van der Waals surface area contributed by atoms with Gasteiger partial charge in [0.2, 0.25) is 0 Å². The fourth-order valence-electron chi connectivity index (χ4n) is 2.40. The number of benzene rings is 1. The SMILES string of the molecule is Cc1ccc(F)cc1C(=O)C1COCCN1C(=O)OC(C)(C)C. The molecule has 6 heteroatoms. The minimum Gasteiger partial charge on any atom is -0.444 e. The third kappa shape index (κ3) is 4.28. The lowest BCUT2D eigenvalue weighted by Gasteiger charge is -2.35. The summed E-state index contributed by atoms with van der Waals surface area (Å²) in [6.07, 6.45) is -0.562.